The summed E-state index contributed by atoms with van der Waals surface area (Å²) in [4.78, 5) is 12.0. The molecule has 1 aliphatic carbocycles. The monoisotopic (exact) mass is 323 g/mol. The van der Waals surface area contributed by atoms with Gasteiger partial charge in [0, 0.05) is 9.85 Å². The Labute approximate surface area is 106 Å². The van der Waals surface area contributed by atoms with E-state index in [-0.39, 0.29) is 0 Å². The summed E-state index contributed by atoms with van der Waals surface area (Å²) in [7, 11) is -3.53. The van der Waals surface area contributed by atoms with Crippen LogP contribution in [0.3, 0.4) is 0 Å². The van der Waals surface area contributed by atoms with Gasteiger partial charge in [-0.15, -0.1) is 11.3 Å². The molecule has 1 aromatic heterocycles. The molecule has 0 saturated heterocycles. The molecule has 1 N–H and O–H groups in total. The molecule has 1 amide bonds. The molecule has 1 aliphatic rings. The van der Waals surface area contributed by atoms with Crippen molar-refractivity contribution >= 4 is 43.2 Å². The van der Waals surface area contributed by atoms with Crippen molar-refractivity contribution in [1.82, 2.24) is 4.72 Å². The average molecular weight is 324 g/mol. The lowest BCUT2D eigenvalue weighted by Gasteiger charge is -2.10. The third kappa shape index (κ3) is 2.16. The SMILES string of the molecule is CC1(S(=O)(=O)NC(=O)c2cc(Br)cs2)CC1. The highest BCUT2D eigenvalue weighted by Gasteiger charge is 2.50. The quantitative estimate of drug-likeness (QED) is 0.926. The van der Waals surface area contributed by atoms with E-state index in [9.17, 15) is 13.2 Å². The Balaban J connectivity index is 2.14. The standard InChI is InChI=1S/C9H10BrNO3S2/c1-9(2-3-9)16(13,14)11-8(12)7-4-6(10)5-15-7/h4-5H,2-3H2,1H3,(H,11,12). The van der Waals surface area contributed by atoms with E-state index < -0.39 is 20.7 Å². The van der Waals surface area contributed by atoms with Crippen LogP contribution < -0.4 is 4.72 Å². The highest BCUT2D eigenvalue weighted by Crippen LogP contribution is 2.42. The van der Waals surface area contributed by atoms with Crippen LogP contribution in [-0.2, 0) is 10.0 Å². The van der Waals surface area contributed by atoms with Gasteiger partial charge in [0.2, 0.25) is 10.0 Å². The van der Waals surface area contributed by atoms with E-state index in [1.54, 1.807) is 18.4 Å². The van der Waals surface area contributed by atoms with E-state index in [2.05, 4.69) is 20.7 Å². The number of rotatable bonds is 3. The van der Waals surface area contributed by atoms with Gasteiger partial charge in [0.05, 0.1) is 9.62 Å². The lowest BCUT2D eigenvalue weighted by atomic mass is 10.5. The summed E-state index contributed by atoms with van der Waals surface area (Å²) in [6.07, 6.45) is 1.23. The Morgan fingerprint density at radius 3 is 2.62 bits per heavy atom. The minimum Gasteiger partial charge on any atom is -0.267 e. The predicted octanol–water partition coefficient (Wildman–Crippen LogP) is 2.12. The molecule has 0 radical (unpaired) electrons. The number of nitrogens with one attached hydrogen (secondary N) is 1. The van der Waals surface area contributed by atoms with Crippen LogP contribution in [0.2, 0.25) is 0 Å². The normalized spacial score (nSPS) is 18.1. The molecule has 16 heavy (non-hydrogen) atoms. The lowest BCUT2D eigenvalue weighted by molar-refractivity contribution is 0.0985. The van der Waals surface area contributed by atoms with E-state index in [1.807, 2.05) is 0 Å². The molecule has 2 rings (SSSR count). The van der Waals surface area contributed by atoms with Crippen LogP contribution in [0.4, 0.5) is 0 Å². The zero-order valence-electron chi connectivity index (χ0n) is 8.49. The number of hydrogen-bond acceptors (Lipinski definition) is 4. The maximum atomic E-state index is 11.8. The lowest BCUT2D eigenvalue weighted by Crippen LogP contribution is -2.37. The molecule has 0 spiro atoms. The minimum absolute atomic E-state index is 0.389. The molecule has 1 fully saturated rings. The molecular weight excluding hydrogens is 314 g/mol. The highest BCUT2D eigenvalue weighted by molar-refractivity contribution is 9.10. The van der Waals surface area contributed by atoms with E-state index in [0.29, 0.717) is 17.7 Å². The van der Waals surface area contributed by atoms with Crippen molar-refractivity contribution in [1.29, 1.82) is 0 Å². The number of halogens is 1. The zero-order valence-corrected chi connectivity index (χ0v) is 11.7. The molecule has 1 heterocycles. The van der Waals surface area contributed by atoms with Gasteiger partial charge in [0.15, 0.2) is 0 Å². The fourth-order valence-corrected chi connectivity index (χ4v) is 3.80. The van der Waals surface area contributed by atoms with Crippen LogP contribution in [0.5, 0.6) is 0 Å². The van der Waals surface area contributed by atoms with E-state index in [0.717, 1.165) is 4.47 Å². The summed E-state index contributed by atoms with van der Waals surface area (Å²) in [6.45, 7) is 1.65. The minimum atomic E-state index is -3.53. The first-order chi connectivity index (χ1) is 7.34. The Kier molecular flexibility index (Phi) is 2.88. The number of sulfonamides is 1. The van der Waals surface area contributed by atoms with Crippen LogP contribution >= 0.6 is 27.3 Å². The molecule has 0 aliphatic heterocycles. The average Bonchev–Trinajstić information content (AvgIpc) is 2.77. The summed E-state index contributed by atoms with van der Waals surface area (Å²) >= 11 is 4.42. The van der Waals surface area contributed by atoms with Crippen molar-refractivity contribution in [2.75, 3.05) is 0 Å². The molecule has 0 unspecified atom stereocenters. The Bertz CT molecular complexity index is 531. The molecule has 1 saturated carbocycles. The molecular formula is C9H10BrNO3S2. The van der Waals surface area contributed by atoms with Crippen LogP contribution in [0, 0.1) is 0 Å². The van der Waals surface area contributed by atoms with Gasteiger partial charge in [0.1, 0.15) is 0 Å². The van der Waals surface area contributed by atoms with E-state index in [4.69, 9.17) is 0 Å². The summed E-state index contributed by atoms with van der Waals surface area (Å²) in [6, 6.07) is 1.60. The van der Waals surface area contributed by atoms with Crippen LogP contribution in [-0.4, -0.2) is 19.1 Å². The Morgan fingerprint density at radius 1 is 1.56 bits per heavy atom. The summed E-state index contributed by atoms with van der Waals surface area (Å²) in [5, 5.41) is 1.74. The summed E-state index contributed by atoms with van der Waals surface area (Å²) < 4.78 is 25.7. The summed E-state index contributed by atoms with van der Waals surface area (Å²) in [5.74, 6) is -0.552. The van der Waals surface area contributed by atoms with Gasteiger partial charge in [-0.3, -0.25) is 4.79 Å². The number of thiophene rings is 1. The topological polar surface area (TPSA) is 63.2 Å². The molecule has 1 aromatic rings. The number of amides is 1. The van der Waals surface area contributed by atoms with Crippen LogP contribution in [0.15, 0.2) is 15.9 Å². The third-order valence-electron chi connectivity index (χ3n) is 2.62. The van der Waals surface area contributed by atoms with Gasteiger partial charge in [-0.1, -0.05) is 0 Å². The largest absolute Gasteiger partial charge is 0.274 e. The van der Waals surface area contributed by atoms with Crippen molar-refractivity contribution in [3.63, 3.8) is 0 Å². The smallest absolute Gasteiger partial charge is 0.267 e. The highest BCUT2D eigenvalue weighted by atomic mass is 79.9. The van der Waals surface area contributed by atoms with Crippen molar-refractivity contribution in [3.05, 3.63) is 20.8 Å². The molecule has 88 valence electrons. The van der Waals surface area contributed by atoms with Crippen molar-refractivity contribution < 1.29 is 13.2 Å². The first-order valence-corrected chi connectivity index (χ1v) is 7.80. The molecule has 7 heteroatoms. The molecule has 0 bridgehead atoms. The van der Waals surface area contributed by atoms with Crippen LogP contribution in [0.25, 0.3) is 0 Å². The van der Waals surface area contributed by atoms with E-state index >= 15 is 0 Å². The Hall–Kier alpha value is -0.400. The maximum absolute atomic E-state index is 11.8. The van der Waals surface area contributed by atoms with Crippen LogP contribution in [0.1, 0.15) is 29.4 Å². The van der Waals surface area contributed by atoms with Gasteiger partial charge < -0.3 is 0 Å². The molecule has 0 aromatic carbocycles. The van der Waals surface area contributed by atoms with Crippen molar-refractivity contribution in [2.45, 2.75) is 24.5 Å². The number of carbonyl (C=O) groups is 1. The molecule has 4 nitrogen and oxygen atoms in total. The number of hydrogen-bond donors (Lipinski definition) is 1. The second-order valence-corrected chi connectivity index (χ2v) is 8.04. The van der Waals surface area contributed by atoms with Gasteiger partial charge >= 0.3 is 0 Å². The second kappa shape index (κ2) is 3.82. The fourth-order valence-electron chi connectivity index (χ4n) is 1.17. The summed E-state index contributed by atoms with van der Waals surface area (Å²) in [5.41, 5.74) is 0. The van der Waals surface area contributed by atoms with E-state index in [1.165, 1.54) is 11.3 Å². The van der Waals surface area contributed by atoms with Crippen molar-refractivity contribution in [3.8, 4) is 0 Å². The molecule has 0 atom stereocenters. The predicted molar refractivity (Wildman–Crippen MR) is 66.0 cm³/mol. The third-order valence-corrected chi connectivity index (χ3v) is 6.47. The number of carbonyl (C=O) groups excluding carboxylic acids is 1. The van der Waals surface area contributed by atoms with Gasteiger partial charge in [-0.05, 0) is 41.8 Å². The maximum Gasteiger partial charge on any atom is 0.274 e. The van der Waals surface area contributed by atoms with Gasteiger partial charge in [-0.25, -0.2) is 13.1 Å². The Morgan fingerprint density at radius 2 is 2.19 bits per heavy atom. The first-order valence-electron chi connectivity index (χ1n) is 4.65. The zero-order chi connectivity index (χ0) is 12.0. The van der Waals surface area contributed by atoms with Crippen molar-refractivity contribution in [2.24, 2.45) is 0 Å². The van der Waals surface area contributed by atoms with Gasteiger partial charge in [0.25, 0.3) is 5.91 Å². The van der Waals surface area contributed by atoms with Gasteiger partial charge in [-0.2, -0.15) is 0 Å². The second-order valence-electron chi connectivity index (χ2n) is 4.01. The first kappa shape index (κ1) is 12.1. The fraction of sp³-hybridized carbons (Fsp3) is 0.444.